The molecule has 0 aliphatic carbocycles. The molecule has 4 N–H and O–H groups in total. The molecule has 0 aliphatic heterocycles. The number of nitrogen functional groups attached to an aromatic ring is 2. The molecule has 6 heteroatoms. The maximum absolute atomic E-state index is 11.4. The van der Waals surface area contributed by atoms with Crippen LogP contribution in [-0.2, 0) is 10.8 Å². The van der Waals surface area contributed by atoms with E-state index in [4.69, 9.17) is 11.5 Å². The smallest absolute Gasteiger partial charge is 0.221 e. The molecule has 1 atom stereocenters. The van der Waals surface area contributed by atoms with Crippen molar-refractivity contribution < 1.29 is 4.21 Å². The third-order valence-electron chi connectivity index (χ3n) is 2.31. The number of aromatic nitrogens is 2. The first-order valence-corrected chi connectivity index (χ1v) is 6.45. The molecule has 0 aliphatic rings. The fourth-order valence-electron chi connectivity index (χ4n) is 1.47. The van der Waals surface area contributed by atoms with Gasteiger partial charge in [-0.25, -0.2) is 4.98 Å². The summed E-state index contributed by atoms with van der Waals surface area (Å²) in [7, 11) is -1.03. The molecule has 1 aromatic carbocycles. The van der Waals surface area contributed by atoms with E-state index in [9.17, 15) is 4.21 Å². The van der Waals surface area contributed by atoms with Crippen LogP contribution in [0.5, 0.6) is 0 Å². The van der Waals surface area contributed by atoms with Crippen LogP contribution in [0.2, 0.25) is 0 Å². The quantitative estimate of drug-likeness (QED) is 0.828. The molecule has 0 saturated carbocycles. The van der Waals surface area contributed by atoms with Crippen LogP contribution in [0, 0.1) is 0 Å². The summed E-state index contributed by atoms with van der Waals surface area (Å²) in [6.45, 7) is 0. The van der Waals surface area contributed by atoms with Crippen molar-refractivity contribution in [3.8, 4) is 11.1 Å². The highest BCUT2D eigenvalue weighted by molar-refractivity contribution is 7.84. The van der Waals surface area contributed by atoms with Crippen LogP contribution in [0.1, 0.15) is 0 Å². The highest BCUT2D eigenvalue weighted by atomic mass is 32.2. The van der Waals surface area contributed by atoms with E-state index in [2.05, 4.69) is 9.97 Å². The average molecular weight is 248 g/mol. The lowest BCUT2D eigenvalue weighted by Gasteiger charge is -2.06. The first kappa shape index (κ1) is 11.5. The van der Waals surface area contributed by atoms with Crippen LogP contribution in [-0.4, -0.2) is 20.4 Å². The molecular formula is C11H12N4OS. The van der Waals surface area contributed by atoms with E-state index in [1.54, 1.807) is 24.6 Å². The molecular weight excluding hydrogens is 236 g/mol. The summed E-state index contributed by atoms with van der Waals surface area (Å²) < 4.78 is 11.4. The summed E-state index contributed by atoms with van der Waals surface area (Å²) >= 11 is 0. The Hall–Kier alpha value is -1.95. The fourth-order valence-corrected chi connectivity index (χ4v) is 2.04. The van der Waals surface area contributed by atoms with E-state index in [0.717, 1.165) is 10.5 Å². The van der Waals surface area contributed by atoms with Crippen molar-refractivity contribution in [2.75, 3.05) is 17.7 Å². The van der Waals surface area contributed by atoms with Crippen LogP contribution in [0.3, 0.4) is 0 Å². The minimum Gasteiger partial charge on any atom is -0.383 e. The lowest BCUT2D eigenvalue weighted by Crippen LogP contribution is -2.01. The number of nitrogens with zero attached hydrogens (tertiary/aromatic N) is 2. The molecule has 1 aromatic heterocycles. The first-order valence-electron chi connectivity index (χ1n) is 4.90. The highest BCUT2D eigenvalue weighted by Crippen LogP contribution is 2.25. The summed E-state index contributed by atoms with van der Waals surface area (Å²) in [6, 6.07) is 7.29. The van der Waals surface area contributed by atoms with Crippen LogP contribution in [0.25, 0.3) is 11.1 Å². The molecule has 0 fully saturated rings. The SMILES string of the molecule is CS(=O)c1cccc(-c2cnc(N)nc2N)c1. The molecule has 88 valence electrons. The van der Waals surface area contributed by atoms with Gasteiger partial charge in [-0.3, -0.25) is 4.21 Å². The van der Waals surface area contributed by atoms with Crippen LogP contribution >= 0.6 is 0 Å². The number of nitrogens with two attached hydrogens (primary N) is 2. The predicted octanol–water partition coefficient (Wildman–Crippen LogP) is 1.05. The van der Waals surface area contributed by atoms with Gasteiger partial charge in [-0.2, -0.15) is 4.98 Å². The Kier molecular flexibility index (Phi) is 3.06. The first-order chi connectivity index (χ1) is 8.08. The Morgan fingerprint density at radius 1 is 1.29 bits per heavy atom. The van der Waals surface area contributed by atoms with Gasteiger partial charge in [-0.05, 0) is 17.7 Å². The number of hydrogen-bond acceptors (Lipinski definition) is 5. The van der Waals surface area contributed by atoms with Crippen molar-refractivity contribution in [2.45, 2.75) is 4.90 Å². The second-order valence-electron chi connectivity index (χ2n) is 3.51. The molecule has 0 radical (unpaired) electrons. The van der Waals surface area contributed by atoms with Gasteiger partial charge < -0.3 is 11.5 Å². The summed E-state index contributed by atoms with van der Waals surface area (Å²) in [4.78, 5) is 8.53. The molecule has 2 aromatic rings. The van der Waals surface area contributed by atoms with E-state index < -0.39 is 10.8 Å². The van der Waals surface area contributed by atoms with E-state index in [1.165, 1.54) is 0 Å². The Bertz CT molecular complexity index is 585. The average Bonchev–Trinajstić information content (AvgIpc) is 2.29. The van der Waals surface area contributed by atoms with Gasteiger partial charge in [-0.1, -0.05) is 12.1 Å². The number of rotatable bonds is 2. The molecule has 5 nitrogen and oxygen atoms in total. The largest absolute Gasteiger partial charge is 0.383 e. The standard InChI is InChI=1S/C11H12N4OS/c1-17(16)8-4-2-3-7(5-8)9-6-14-11(13)15-10(9)12/h2-6H,1H3,(H4,12,13,14,15). The van der Waals surface area contributed by atoms with E-state index in [-0.39, 0.29) is 5.95 Å². The van der Waals surface area contributed by atoms with Crippen molar-refractivity contribution in [3.05, 3.63) is 30.5 Å². The predicted molar refractivity (Wildman–Crippen MR) is 68.6 cm³/mol. The van der Waals surface area contributed by atoms with Gasteiger partial charge in [-0.15, -0.1) is 0 Å². The Balaban J connectivity index is 2.53. The minimum absolute atomic E-state index is 0.140. The van der Waals surface area contributed by atoms with Gasteiger partial charge in [0, 0.05) is 33.7 Å². The maximum Gasteiger partial charge on any atom is 0.221 e. The van der Waals surface area contributed by atoms with Crippen LogP contribution in [0.4, 0.5) is 11.8 Å². The second-order valence-corrected chi connectivity index (χ2v) is 4.89. The monoisotopic (exact) mass is 248 g/mol. The van der Waals surface area contributed by atoms with Crippen molar-refractivity contribution in [3.63, 3.8) is 0 Å². The van der Waals surface area contributed by atoms with Crippen molar-refractivity contribution >= 4 is 22.6 Å². The van der Waals surface area contributed by atoms with Crippen molar-refractivity contribution in [1.29, 1.82) is 0 Å². The Morgan fingerprint density at radius 2 is 2.06 bits per heavy atom. The fraction of sp³-hybridized carbons (Fsp3) is 0.0909. The van der Waals surface area contributed by atoms with Crippen molar-refractivity contribution in [2.24, 2.45) is 0 Å². The molecule has 1 unspecified atom stereocenters. The third kappa shape index (κ3) is 2.42. The van der Waals surface area contributed by atoms with Gasteiger partial charge in [0.15, 0.2) is 0 Å². The minimum atomic E-state index is -1.03. The van der Waals surface area contributed by atoms with Crippen LogP contribution < -0.4 is 11.5 Å². The molecule has 17 heavy (non-hydrogen) atoms. The number of anilines is 2. The third-order valence-corrected chi connectivity index (χ3v) is 3.23. The second kappa shape index (κ2) is 4.50. The van der Waals surface area contributed by atoms with Gasteiger partial charge >= 0.3 is 0 Å². The summed E-state index contributed by atoms with van der Waals surface area (Å²) in [5.41, 5.74) is 12.7. The summed E-state index contributed by atoms with van der Waals surface area (Å²) in [6.07, 6.45) is 3.19. The van der Waals surface area contributed by atoms with Gasteiger partial charge in [0.25, 0.3) is 0 Å². The van der Waals surface area contributed by atoms with Crippen LogP contribution in [0.15, 0.2) is 35.4 Å². The molecule has 2 rings (SSSR count). The molecule has 0 bridgehead atoms. The van der Waals surface area contributed by atoms with Gasteiger partial charge in [0.05, 0.1) is 0 Å². The Labute approximate surface area is 101 Å². The topological polar surface area (TPSA) is 94.9 Å². The highest BCUT2D eigenvalue weighted by Gasteiger charge is 2.07. The molecule has 0 saturated heterocycles. The summed E-state index contributed by atoms with van der Waals surface area (Å²) in [5, 5.41) is 0. The normalized spacial score (nSPS) is 12.3. The van der Waals surface area contributed by atoms with Crippen molar-refractivity contribution in [1.82, 2.24) is 9.97 Å². The van der Waals surface area contributed by atoms with Gasteiger partial charge in [0.1, 0.15) is 5.82 Å². The summed E-state index contributed by atoms with van der Waals surface area (Å²) in [5.74, 6) is 0.456. The zero-order valence-corrected chi connectivity index (χ0v) is 10.1. The molecule has 1 heterocycles. The molecule has 0 spiro atoms. The molecule has 0 amide bonds. The van der Waals surface area contributed by atoms with Gasteiger partial charge in [0.2, 0.25) is 5.95 Å². The van der Waals surface area contributed by atoms with E-state index >= 15 is 0 Å². The lowest BCUT2D eigenvalue weighted by atomic mass is 10.1. The maximum atomic E-state index is 11.4. The lowest BCUT2D eigenvalue weighted by molar-refractivity contribution is 0.687. The number of benzene rings is 1. The van der Waals surface area contributed by atoms with E-state index in [1.807, 2.05) is 12.1 Å². The van der Waals surface area contributed by atoms with E-state index in [0.29, 0.717) is 11.4 Å². The zero-order chi connectivity index (χ0) is 12.4. The number of hydrogen-bond donors (Lipinski definition) is 2. The Morgan fingerprint density at radius 3 is 2.71 bits per heavy atom. The zero-order valence-electron chi connectivity index (χ0n) is 9.25.